The zero-order valence-electron chi connectivity index (χ0n) is 11.1. The van der Waals surface area contributed by atoms with E-state index in [0.29, 0.717) is 25.0 Å². The van der Waals surface area contributed by atoms with Crippen LogP contribution in [0.25, 0.3) is 0 Å². The van der Waals surface area contributed by atoms with Crippen molar-refractivity contribution in [3.63, 3.8) is 0 Å². The van der Waals surface area contributed by atoms with Crippen LogP contribution in [0, 0.1) is 11.8 Å². The molecule has 2 heterocycles. The zero-order chi connectivity index (χ0) is 14.3. The second-order valence-corrected chi connectivity index (χ2v) is 5.29. The van der Waals surface area contributed by atoms with Crippen LogP contribution < -0.4 is 22.9 Å². The molecule has 108 valence electrons. The van der Waals surface area contributed by atoms with Crippen LogP contribution in [0.1, 0.15) is 23.0 Å². The summed E-state index contributed by atoms with van der Waals surface area (Å²) < 4.78 is 0. The van der Waals surface area contributed by atoms with E-state index in [1.807, 2.05) is 0 Å². The van der Waals surface area contributed by atoms with Crippen LogP contribution in [0.5, 0.6) is 0 Å². The zero-order valence-corrected chi connectivity index (χ0v) is 11.1. The third-order valence-corrected chi connectivity index (χ3v) is 4.15. The topological polar surface area (TPSA) is 161 Å². The van der Waals surface area contributed by atoms with Gasteiger partial charge in [0.1, 0.15) is 0 Å². The van der Waals surface area contributed by atoms with Crippen molar-refractivity contribution in [2.75, 3.05) is 24.6 Å². The highest BCUT2D eigenvalue weighted by Gasteiger charge is 2.39. The molecule has 0 saturated carbocycles. The minimum Gasteiger partial charge on any atom is -0.369 e. The first kappa shape index (κ1) is 12.9. The number of nitrogens with one attached hydrogen (secondary N) is 2. The molecular weight excluding hydrogens is 256 g/mol. The molecule has 0 aromatic carbocycles. The molecule has 20 heavy (non-hydrogen) atoms. The fourth-order valence-electron chi connectivity index (χ4n) is 3.22. The summed E-state index contributed by atoms with van der Waals surface area (Å²) >= 11 is 0. The first-order valence-corrected chi connectivity index (χ1v) is 6.68. The summed E-state index contributed by atoms with van der Waals surface area (Å²) in [6.07, 6.45) is 2.55. The average molecular weight is 276 g/mol. The summed E-state index contributed by atoms with van der Waals surface area (Å²) in [6, 6.07) is 0. The standard InChI is InChI=1S/C12H20N8/c13-2-5-1-7-10(20-12(16)18-7)9(6(5)3-14)8-4-17-11(15)19-8/h4-6,9H,1-3,13-14H2,(H3,15,17,19)(H3,16,18,20). The lowest BCUT2D eigenvalue weighted by molar-refractivity contribution is 0.284. The highest BCUT2D eigenvalue weighted by atomic mass is 15.1. The Kier molecular flexibility index (Phi) is 3.11. The lowest BCUT2D eigenvalue weighted by Crippen LogP contribution is -2.39. The Bertz CT molecular complexity index is 600. The van der Waals surface area contributed by atoms with Crippen LogP contribution in [-0.4, -0.2) is 33.0 Å². The van der Waals surface area contributed by atoms with Gasteiger partial charge in [-0.3, -0.25) is 0 Å². The number of hydrogen-bond donors (Lipinski definition) is 6. The number of nitrogens with zero attached hydrogens (tertiary/aromatic N) is 2. The van der Waals surface area contributed by atoms with Crippen molar-refractivity contribution in [1.29, 1.82) is 0 Å². The molecule has 0 aliphatic heterocycles. The monoisotopic (exact) mass is 276 g/mol. The van der Waals surface area contributed by atoms with E-state index < -0.39 is 0 Å². The minimum absolute atomic E-state index is 0.00403. The van der Waals surface area contributed by atoms with Gasteiger partial charge >= 0.3 is 0 Å². The molecule has 2 aromatic heterocycles. The number of hydrogen-bond acceptors (Lipinski definition) is 6. The third kappa shape index (κ3) is 1.93. The number of fused-ring (bicyclic) bond motifs is 1. The highest BCUT2D eigenvalue weighted by molar-refractivity contribution is 5.38. The molecule has 0 radical (unpaired) electrons. The second-order valence-electron chi connectivity index (χ2n) is 5.29. The number of nitrogens with two attached hydrogens (primary N) is 4. The number of rotatable bonds is 3. The molecule has 0 bridgehead atoms. The summed E-state index contributed by atoms with van der Waals surface area (Å²) in [5.41, 5.74) is 26.2. The van der Waals surface area contributed by atoms with E-state index in [-0.39, 0.29) is 17.8 Å². The Labute approximate surface area is 116 Å². The molecule has 1 aliphatic rings. The van der Waals surface area contributed by atoms with E-state index >= 15 is 0 Å². The van der Waals surface area contributed by atoms with Gasteiger partial charge in [0, 0.05) is 17.3 Å². The Morgan fingerprint density at radius 2 is 1.95 bits per heavy atom. The maximum absolute atomic E-state index is 5.98. The molecule has 8 nitrogen and oxygen atoms in total. The SMILES string of the molecule is NCC1Cc2[nH]c(N)nc2C(c2cnc(N)[nH]2)C1CN. The molecule has 2 aromatic rings. The smallest absolute Gasteiger partial charge is 0.197 e. The number of anilines is 2. The Morgan fingerprint density at radius 1 is 1.15 bits per heavy atom. The van der Waals surface area contributed by atoms with Gasteiger partial charge in [-0.05, 0) is 31.3 Å². The molecule has 10 N–H and O–H groups in total. The van der Waals surface area contributed by atoms with Crippen LogP contribution in [0.15, 0.2) is 6.20 Å². The van der Waals surface area contributed by atoms with Crippen LogP contribution in [0.2, 0.25) is 0 Å². The summed E-state index contributed by atoms with van der Waals surface area (Å²) in [7, 11) is 0. The fourth-order valence-corrected chi connectivity index (χ4v) is 3.22. The maximum Gasteiger partial charge on any atom is 0.197 e. The number of aromatic amines is 2. The lowest BCUT2D eigenvalue weighted by atomic mass is 9.71. The maximum atomic E-state index is 5.98. The quantitative estimate of drug-likeness (QED) is 0.427. The van der Waals surface area contributed by atoms with Gasteiger partial charge in [0.25, 0.3) is 0 Å². The summed E-state index contributed by atoms with van der Waals surface area (Å²) in [5, 5.41) is 0. The molecule has 1 aliphatic carbocycles. The van der Waals surface area contributed by atoms with E-state index in [9.17, 15) is 0 Å². The van der Waals surface area contributed by atoms with Gasteiger partial charge in [-0.1, -0.05) is 0 Å². The van der Waals surface area contributed by atoms with E-state index in [4.69, 9.17) is 22.9 Å². The number of imidazole rings is 2. The molecule has 0 amide bonds. The van der Waals surface area contributed by atoms with Crippen LogP contribution >= 0.6 is 0 Å². The van der Waals surface area contributed by atoms with E-state index in [1.165, 1.54) is 0 Å². The predicted octanol–water partition coefficient (Wildman–Crippen LogP) is -0.865. The Morgan fingerprint density at radius 3 is 2.55 bits per heavy atom. The Hall–Kier alpha value is -2.06. The van der Waals surface area contributed by atoms with Gasteiger partial charge in [0.15, 0.2) is 11.9 Å². The first-order valence-electron chi connectivity index (χ1n) is 6.68. The summed E-state index contributed by atoms with van der Waals surface area (Å²) in [6.45, 7) is 1.10. The number of H-pyrrole nitrogens is 2. The van der Waals surface area contributed by atoms with Gasteiger partial charge in [-0.25, -0.2) is 9.97 Å². The highest BCUT2D eigenvalue weighted by Crippen LogP contribution is 2.41. The van der Waals surface area contributed by atoms with Gasteiger partial charge in [0.2, 0.25) is 0 Å². The van der Waals surface area contributed by atoms with Crippen LogP contribution in [0.3, 0.4) is 0 Å². The van der Waals surface area contributed by atoms with Crippen molar-refractivity contribution < 1.29 is 0 Å². The molecule has 0 saturated heterocycles. The minimum atomic E-state index is -0.00403. The molecule has 3 atom stereocenters. The number of aromatic nitrogens is 4. The van der Waals surface area contributed by atoms with Crippen molar-refractivity contribution in [1.82, 2.24) is 19.9 Å². The van der Waals surface area contributed by atoms with Gasteiger partial charge < -0.3 is 32.9 Å². The van der Waals surface area contributed by atoms with E-state index in [0.717, 1.165) is 23.5 Å². The lowest BCUT2D eigenvalue weighted by Gasteiger charge is -2.35. The van der Waals surface area contributed by atoms with Crippen LogP contribution in [-0.2, 0) is 6.42 Å². The van der Waals surface area contributed by atoms with Crippen LogP contribution in [0.4, 0.5) is 11.9 Å². The van der Waals surface area contributed by atoms with Crippen molar-refractivity contribution in [3.8, 4) is 0 Å². The average Bonchev–Trinajstić information content (AvgIpc) is 3.01. The first-order chi connectivity index (χ1) is 9.63. The Balaban J connectivity index is 2.11. The van der Waals surface area contributed by atoms with Crippen molar-refractivity contribution in [2.24, 2.45) is 23.3 Å². The molecule has 8 heteroatoms. The molecule has 0 fully saturated rings. The van der Waals surface area contributed by atoms with Crippen molar-refractivity contribution in [3.05, 3.63) is 23.3 Å². The van der Waals surface area contributed by atoms with Gasteiger partial charge in [0.05, 0.1) is 11.9 Å². The molecule has 3 unspecified atom stereocenters. The van der Waals surface area contributed by atoms with Crippen molar-refractivity contribution in [2.45, 2.75) is 12.3 Å². The second kappa shape index (κ2) is 4.80. The predicted molar refractivity (Wildman–Crippen MR) is 76.6 cm³/mol. The van der Waals surface area contributed by atoms with E-state index in [1.54, 1.807) is 6.20 Å². The normalized spacial score (nSPS) is 25.6. The largest absolute Gasteiger partial charge is 0.369 e. The molecular formula is C12H20N8. The van der Waals surface area contributed by atoms with Crippen molar-refractivity contribution >= 4 is 11.9 Å². The fraction of sp³-hybridized carbons (Fsp3) is 0.500. The van der Waals surface area contributed by atoms with E-state index in [2.05, 4.69) is 19.9 Å². The summed E-state index contributed by atoms with van der Waals surface area (Å²) in [5.74, 6) is 1.27. The van der Waals surface area contributed by atoms with Gasteiger partial charge in [-0.15, -0.1) is 0 Å². The molecule has 3 rings (SSSR count). The van der Waals surface area contributed by atoms with Gasteiger partial charge in [-0.2, -0.15) is 0 Å². The number of nitrogen functional groups attached to an aromatic ring is 2. The summed E-state index contributed by atoms with van der Waals surface area (Å²) in [4.78, 5) is 14.7. The third-order valence-electron chi connectivity index (χ3n) is 4.15. The molecule has 0 spiro atoms.